The molecule has 0 unspecified atom stereocenters. The highest BCUT2D eigenvalue weighted by molar-refractivity contribution is 7.17. The molecule has 3 aromatic rings. The Labute approximate surface area is 177 Å². The number of hydrogen-bond donors (Lipinski definition) is 1. The average Bonchev–Trinajstić information content (AvgIpc) is 3.08. The van der Waals surface area contributed by atoms with E-state index in [-0.39, 0.29) is 5.56 Å². The van der Waals surface area contributed by atoms with Crippen molar-refractivity contribution in [2.24, 2.45) is 5.92 Å². The normalized spacial score (nSPS) is 15.6. The van der Waals surface area contributed by atoms with Crippen LogP contribution in [-0.2, 0) is 17.6 Å². The maximum absolute atomic E-state index is 12.9. The molecule has 0 bridgehead atoms. The number of para-hydroxylation sites is 1. The first-order valence-corrected chi connectivity index (χ1v) is 11.0. The van der Waals surface area contributed by atoms with Crippen molar-refractivity contribution < 1.29 is 18.7 Å². The molecule has 0 saturated heterocycles. The summed E-state index contributed by atoms with van der Waals surface area (Å²) < 4.78 is 10.6. The fraction of sp³-hybridized carbons (Fsp3) is 0.348. The summed E-state index contributed by atoms with van der Waals surface area (Å²) in [6.07, 6.45) is 3.34. The molecule has 1 amide bonds. The van der Waals surface area contributed by atoms with Gasteiger partial charge < -0.3 is 14.5 Å². The number of carbonyl (C=O) groups is 2. The van der Waals surface area contributed by atoms with Crippen LogP contribution < -0.4 is 10.9 Å². The molecule has 1 N–H and O–H groups in total. The molecule has 0 aliphatic heterocycles. The molecule has 1 aliphatic carbocycles. The van der Waals surface area contributed by atoms with Gasteiger partial charge in [-0.2, -0.15) is 0 Å². The second-order valence-electron chi connectivity index (χ2n) is 7.63. The summed E-state index contributed by atoms with van der Waals surface area (Å²) in [6.45, 7) is 4.43. The summed E-state index contributed by atoms with van der Waals surface area (Å²) >= 11 is 1.39. The molecule has 0 saturated carbocycles. The van der Waals surface area contributed by atoms with Crippen molar-refractivity contribution in [3.8, 4) is 0 Å². The first kappa shape index (κ1) is 20.3. The van der Waals surface area contributed by atoms with E-state index in [0.29, 0.717) is 34.1 Å². The van der Waals surface area contributed by atoms with Gasteiger partial charge in [0.05, 0.1) is 12.2 Å². The lowest BCUT2D eigenvalue weighted by molar-refractivity contribution is 0.0505. The molecule has 1 aromatic carbocycles. The first-order chi connectivity index (χ1) is 14.5. The Morgan fingerprint density at radius 1 is 1.30 bits per heavy atom. The minimum absolute atomic E-state index is 0.0960. The van der Waals surface area contributed by atoms with Gasteiger partial charge in [-0.1, -0.05) is 32.0 Å². The van der Waals surface area contributed by atoms with E-state index in [2.05, 4.69) is 12.2 Å². The fourth-order valence-electron chi connectivity index (χ4n) is 3.71. The second kappa shape index (κ2) is 8.44. The Morgan fingerprint density at radius 2 is 2.10 bits per heavy atom. The van der Waals surface area contributed by atoms with Gasteiger partial charge in [-0.3, -0.25) is 4.79 Å². The number of amides is 1. The number of benzene rings is 1. The minimum atomic E-state index is -0.712. The predicted molar refractivity (Wildman–Crippen MR) is 117 cm³/mol. The summed E-state index contributed by atoms with van der Waals surface area (Å²) in [5.41, 5.74) is 0.995. The molecule has 0 spiro atoms. The molecular weight excluding hydrogens is 402 g/mol. The molecule has 4 rings (SSSR count). The topological polar surface area (TPSA) is 85.6 Å². The zero-order chi connectivity index (χ0) is 21.3. The molecule has 2 aromatic heterocycles. The van der Waals surface area contributed by atoms with Gasteiger partial charge in [0.2, 0.25) is 0 Å². The maximum Gasteiger partial charge on any atom is 0.349 e. The molecule has 6 nitrogen and oxygen atoms in total. The van der Waals surface area contributed by atoms with Crippen LogP contribution in [0.2, 0.25) is 0 Å². The molecular formula is C23H23NO5S. The molecule has 0 fully saturated rings. The van der Waals surface area contributed by atoms with Crippen LogP contribution in [0.3, 0.4) is 0 Å². The highest BCUT2D eigenvalue weighted by Gasteiger charge is 2.29. The molecule has 30 heavy (non-hydrogen) atoms. The lowest BCUT2D eigenvalue weighted by Gasteiger charge is -2.18. The smallest absolute Gasteiger partial charge is 0.349 e. The standard InChI is InChI=1S/C23H23NO5S/c1-3-10-28-23(27)19-15-9-8-13(2)11-18(15)30-21(19)24-20(25)16-12-14-6-4-5-7-17(14)29-22(16)26/h4-7,12-13H,3,8-11H2,1-2H3,(H,24,25)/t13-/m0/s1. The van der Waals surface area contributed by atoms with Crippen molar-refractivity contribution in [2.45, 2.75) is 39.5 Å². The summed E-state index contributed by atoms with van der Waals surface area (Å²) in [6, 6.07) is 8.53. The van der Waals surface area contributed by atoms with Gasteiger partial charge in [0.25, 0.3) is 5.91 Å². The number of nitrogens with one attached hydrogen (secondary N) is 1. The summed E-state index contributed by atoms with van der Waals surface area (Å²) in [4.78, 5) is 39.1. The maximum atomic E-state index is 12.9. The number of carbonyl (C=O) groups excluding carboxylic acids is 2. The van der Waals surface area contributed by atoms with Crippen LogP contribution in [0.4, 0.5) is 5.00 Å². The van der Waals surface area contributed by atoms with Crippen LogP contribution in [0, 0.1) is 5.92 Å². The molecule has 7 heteroatoms. The van der Waals surface area contributed by atoms with E-state index < -0.39 is 17.5 Å². The number of hydrogen-bond acceptors (Lipinski definition) is 6. The number of fused-ring (bicyclic) bond motifs is 2. The molecule has 1 atom stereocenters. The third-order valence-electron chi connectivity index (χ3n) is 5.27. The van der Waals surface area contributed by atoms with Crippen LogP contribution in [0.15, 0.2) is 39.5 Å². The van der Waals surface area contributed by atoms with E-state index in [9.17, 15) is 14.4 Å². The van der Waals surface area contributed by atoms with Crippen LogP contribution in [0.25, 0.3) is 11.0 Å². The Bertz CT molecular complexity index is 1180. The van der Waals surface area contributed by atoms with E-state index in [1.165, 1.54) is 17.4 Å². The van der Waals surface area contributed by atoms with Gasteiger partial charge >= 0.3 is 11.6 Å². The van der Waals surface area contributed by atoms with E-state index in [0.717, 1.165) is 36.1 Å². The van der Waals surface area contributed by atoms with Crippen molar-refractivity contribution in [3.63, 3.8) is 0 Å². The highest BCUT2D eigenvalue weighted by atomic mass is 32.1. The molecule has 0 radical (unpaired) electrons. The Kier molecular flexibility index (Phi) is 5.72. The number of anilines is 1. The number of rotatable bonds is 5. The van der Waals surface area contributed by atoms with Crippen molar-refractivity contribution in [3.05, 3.63) is 62.3 Å². The third kappa shape index (κ3) is 3.89. The number of esters is 1. The monoisotopic (exact) mass is 425 g/mol. The summed E-state index contributed by atoms with van der Waals surface area (Å²) in [5.74, 6) is -0.498. The van der Waals surface area contributed by atoms with Gasteiger partial charge in [0.1, 0.15) is 16.1 Å². The van der Waals surface area contributed by atoms with Gasteiger partial charge in [0.15, 0.2) is 0 Å². The first-order valence-electron chi connectivity index (χ1n) is 10.1. The van der Waals surface area contributed by atoms with Gasteiger partial charge in [0, 0.05) is 10.3 Å². The fourth-order valence-corrected chi connectivity index (χ4v) is 5.11. The van der Waals surface area contributed by atoms with Gasteiger partial charge in [-0.15, -0.1) is 11.3 Å². The lowest BCUT2D eigenvalue weighted by Crippen LogP contribution is -2.21. The van der Waals surface area contributed by atoms with Gasteiger partial charge in [-0.25, -0.2) is 9.59 Å². The zero-order valence-corrected chi connectivity index (χ0v) is 17.8. The average molecular weight is 426 g/mol. The molecule has 2 heterocycles. The molecule has 1 aliphatic rings. The van der Waals surface area contributed by atoms with E-state index >= 15 is 0 Å². The van der Waals surface area contributed by atoms with E-state index in [1.807, 2.05) is 6.92 Å². The molecule has 156 valence electrons. The summed E-state index contributed by atoms with van der Waals surface area (Å²) in [5, 5.41) is 3.87. The van der Waals surface area contributed by atoms with Crippen LogP contribution >= 0.6 is 11.3 Å². The lowest BCUT2D eigenvalue weighted by atomic mass is 9.88. The number of ether oxygens (including phenoxy) is 1. The third-order valence-corrected chi connectivity index (χ3v) is 6.44. The van der Waals surface area contributed by atoms with E-state index in [4.69, 9.17) is 9.15 Å². The quantitative estimate of drug-likeness (QED) is 0.469. The SMILES string of the molecule is CCCOC(=O)c1c(NC(=O)c2cc3ccccc3oc2=O)sc2c1CC[C@H](C)C2. The van der Waals surface area contributed by atoms with E-state index in [1.54, 1.807) is 24.3 Å². The number of thiophene rings is 1. The van der Waals surface area contributed by atoms with Gasteiger partial charge in [-0.05, 0) is 49.3 Å². The van der Waals surface area contributed by atoms with Crippen LogP contribution in [0.5, 0.6) is 0 Å². The van der Waals surface area contributed by atoms with Crippen molar-refractivity contribution >= 4 is 39.2 Å². The summed E-state index contributed by atoms with van der Waals surface area (Å²) in [7, 11) is 0. The van der Waals surface area contributed by atoms with Crippen molar-refractivity contribution in [2.75, 3.05) is 11.9 Å². The highest BCUT2D eigenvalue weighted by Crippen LogP contribution is 2.40. The minimum Gasteiger partial charge on any atom is -0.462 e. The zero-order valence-electron chi connectivity index (χ0n) is 16.9. The van der Waals surface area contributed by atoms with Crippen molar-refractivity contribution in [1.29, 1.82) is 0 Å². The van der Waals surface area contributed by atoms with Crippen molar-refractivity contribution in [1.82, 2.24) is 0 Å². The van der Waals surface area contributed by atoms with Crippen LogP contribution in [-0.4, -0.2) is 18.5 Å². The Hall–Kier alpha value is -2.93. The largest absolute Gasteiger partial charge is 0.462 e. The Morgan fingerprint density at radius 3 is 2.90 bits per heavy atom. The van der Waals surface area contributed by atoms with Crippen LogP contribution in [0.1, 0.15) is 57.8 Å². The second-order valence-corrected chi connectivity index (χ2v) is 8.74. The predicted octanol–water partition coefficient (Wildman–Crippen LogP) is 4.80. The Balaban J connectivity index is 1.70.